The highest BCUT2D eigenvalue weighted by Crippen LogP contribution is 2.39. The maximum absolute atomic E-state index is 13.8. The SMILES string of the molecule is O=C(C(c1ccc(C(F)(F)F)cc1)N1CCCC1)N1CCN2C[C@H](Oc3cnc(C4CC4)cn3)C[C@H]2C1. The molecule has 3 saturated heterocycles. The van der Waals surface area contributed by atoms with Crippen molar-refractivity contribution in [3.63, 3.8) is 0 Å². The summed E-state index contributed by atoms with van der Waals surface area (Å²) in [5.41, 5.74) is 0.968. The molecular weight excluding hydrogens is 483 g/mol. The van der Waals surface area contributed by atoms with Crippen molar-refractivity contribution in [2.24, 2.45) is 0 Å². The third-order valence-electron chi connectivity index (χ3n) is 8.11. The van der Waals surface area contributed by atoms with E-state index in [0.29, 0.717) is 30.5 Å². The van der Waals surface area contributed by atoms with Crippen LogP contribution in [0.25, 0.3) is 0 Å². The largest absolute Gasteiger partial charge is 0.472 e. The third kappa shape index (κ3) is 5.31. The minimum atomic E-state index is -4.39. The van der Waals surface area contributed by atoms with Crippen LogP contribution in [0.2, 0.25) is 0 Å². The van der Waals surface area contributed by atoms with Crippen LogP contribution in [0.5, 0.6) is 5.88 Å². The molecule has 2 aromatic rings. The molecule has 1 amide bonds. The van der Waals surface area contributed by atoms with Gasteiger partial charge in [-0.25, -0.2) is 4.98 Å². The van der Waals surface area contributed by atoms with Crippen molar-refractivity contribution in [2.75, 3.05) is 39.3 Å². The fourth-order valence-corrected chi connectivity index (χ4v) is 5.97. The molecule has 37 heavy (non-hydrogen) atoms. The monoisotopic (exact) mass is 515 g/mol. The van der Waals surface area contributed by atoms with Crippen LogP contribution < -0.4 is 4.74 Å². The summed E-state index contributed by atoms with van der Waals surface area (Å²) in [5, 5.41) is 0. The van der Waals surface area contributed by atoms with Gasteiger partial charge in [-0.15, -0.1) is 0 Å². The normalized spacial score (nSPS) is 25.8. The summed E-state index contributed by atoms with van der Waals surface area (Å²) in [6, 6.07) is 4.74. The van der Waals surface area contributed by atoms with Crippen LogP contribution in [0.4, 0.5) is 13.2 Å². The first kappa shape index (κ1) is 24.6. The second-order valence-electron chi connectivity index (χ2n) is 10.7. The van der Waals surface area contributed by atoms with Gasteiger partial charge in [-0.05, 0) is 56.5 Å². The van der Waals surface area contributed by atoms with E-state index in [4.69, 9.17) is 4.74 Å². The number of aromatic nitrogens is 2. The maximum Gasteiger partial charge on any atom is 0.416 e. The Kier molecular flexibility index (Phi) is 6.56. The minimum Gasteiger partial charge on any atom is -0.472 e. The minimum absolute atomic E-state index is 0.00887. The Balaban J connectivity index is 1.12. The van der Waals surface area contributed by atoms with Crippen molar-refractivity contribution >= 4 is 5.91 Å². The van der Waals surface area contributed by atoms with Crippen molar-refractivity contribution in [3.05, 3.63) is 53.5 Å². The number of likely N-dealkylation sites (tertiary alicyclic amines) is 1. The Morgan fingerprint density at radius 3 is 2.38 bits per heavy atom. The predicted octanol–water partition coefficient (Wildman–Crippen LogP) is 3.87. The Labute approximate surface area is 214 Å². The van der Waals surface area contributed by atoms with Crippen LogP contribution in [-0.2, 0) is 11.0 Å². The molecule has 4 fully saturated rings. The van der Waals surface area contributed by atoms with Gasteiger partial charge in [0.1, 0.15) is 12.1 Å². The number of alkyl halides is 3. The number of carbonyl (C=O) groups is 1. The number of fused-ring (bicyclic) bond motifs is 1. The number of ether oxygens (including phenoxy) is 1. The van der Waals surface area contributed by atoms with Crippen molar-refractivity contribution in [2.45, 2.75) is 62.4 Å². The van der Waals surface area contributed by atoms with Crippen molar-refractivity contribution < 1.29 is 22.7 Å². The molecule has 3 atom stereocenters. The van der Waals surface area contributed by atoms with Gasteiger partial charge in [0.25, 0.3) is 0 Å². The molecule has 7 nitrogen and oxygen atoms in total. The molecule has 4 heterocycles. The zero-order valence-corrected chi connectivity index (χ0v) is 20.7. The highest BCUT2D eigenvalue weighted by molar-refractivity contribution is 5.83. The molecule has 198 valence electrons. The molecular formula is C27H32F3N5O2. The van der Waals surface area contributed by atoms with E-state index >= 15 is 0 Å². The third-order valence-corrected chi connectivity index (χ3v) is 8.11. The Morgan fingerprint density at radius 2 is 1.73 bits per heavy atom. The van der Waals surface area contributed by atoms with Crippen LogP contribution in [0, 0.1) is 0 Å². The Morgan fingerprint density at radius 1 is 0.973 bits per heavy atom. The van der Waals surface area contributed by atoms with Gasteiger partial charge in [0.2, 0.25) is 11.8 Å². The summed E-state index contributed by atoms with van der Waals surface area (Å²) in [6.07, 6.45) is 4.26. The summed E-state index contributed by atoms with van der Waals surface area (Å²) in [7, 11) is 0. The van der Waals surface area contributed by atoms with E-state index in [1.54, 1.807) is 6.20 Å². The van der Waals surface area contributed by atoms with Crippen molar-refractivity contribution in [1.82, 2.24) is 24.7 Å². The average Bonchev–Trinajstić information content (AvgIpc) is 3.44. The van der Waals surface area contributed by atoms with Crippen molar-refractivity contribution in [1.29, 1.82) is 0 Å². The second-order valence-corrected chi connectivity index (χ2v) is 10.7. The fourth-order valence-electron chi connectivity index (χ4n) is 5.97. The van der Waals surface area contributed by atoms with E-state index in [2.05, 4.69) is 19.8 Å². The van der Waals surface area contributed by atoms with Gasteiger partial charge in [-0.3, -0.25) is 19.6 Å². The number of amides is 1. The molecule has 6 rings (SSSR count). The average molecular weight is 516 g/mol. The molecule has 0 radical (unpaired) electrons. The number of hydrogen-bond acceptors (Lipinski definition) is 6. The smallest absolute Gasteiger partial charge is 0.416 e. The molecule has 0 N–H and O–H groups in total. The van der Waals surface area contributed by atoms with Gasteiger partial charge in [-0.1, -0.05) is 12.1 Å². The number of carbonyl (C=O) groups excluding carboxylic acids is 1. The topological polar surface area (TPSA) is 61.8 Å². The fraction of sp³-hybridized carbons (Fsp3) is 0.593. The van der Waals surface area contributed by atoms with E-state index in [9.17, 15) is 18.0 Å². The molecule has 10 heteroatoms. The Hall–Kier alpha value is -2.72. The molecule has 1 unspecified atom stereocenters. The first-order valence-corrected chi connectivity index (χ1v) is 13.3. The van der Waals surface area contributed by atoms with Gasteiger partial charge in [-0.2, -0.15) is 13.2 Å². The van der Waals surface area contributed by atoms with Crippen molar-refractivity contribution in [3.8, 4) is 5.88 Å². The number of piperazine rings is 1. The molecule has 0 bridgehead atoms. The number of hydrogen-bond donors (Lipinski definition) is 0. The number of rotatable bonds is 6. The van der Waals surface area contributed by atoms with E-state index < -0.39 is 17.8 Å². The van der Waals surface area contributed by atoms with Gasteiger partial charge < -0.3 is 9.64 Å². The van der Waals surface area contributed by atoms with Crippen LogP contribution in [-0.4, -0.2) is 82.0 Å². The number of nitrogens with zero attached hydrogens (tertiary/aromatic N) is 5. The summed E-state index contributed by atoms with van der Waals surface area (Å²) in [4.78, 5) is 29.1. The lowest BCUT2D eigenvalue weighted by atomic mass is 10.0. The van der Waals surface area contributed by atoms with Crippen LogP contribution in [0.1, 0.15) is 60.9 Å². The molecule has 1 saturated carbocycles. The highest BCUT2D eigenvalue weighted by Gasteiger charge is 2.41. The Bertz CT molecular complexity index is 1100. The molecule has 4 aliphatic rings. The molecule has 1 aromatic heterocycles. The van der Waals surface area contributed by atoms with Crippen LogP contribution >= 0.6 is 0 Å². The summed E-state index contributed by atoms with van der Waals surface area (Å²) in [5.74, 6) is 1.07. The first-order chi connectivity index (χ1) is 17.8. The zero-order chi connectivity index (χ0) is 25.6. The molecule has 1 aliphatic carbocycles. The van der Waals surface area contributed by atoms with Crippen LogP contribution in [0.3, 0.4) is 0 Å². The lowest BCUT2D eigenvalue weighted by molar-refractivity contribution is -0.139. The predicted molar refractivity (Wildman–Crippen MR) is 130 cm³/mol. The van der Waals surface area contributed by atoms with E-state index in [-0.39, 0.29) is 18.1 Å². The van der Waals surface area contributed by atoms with E-state index in [1.165, 1.54) is 25.0 Å². The first-order valence-electron chi connectivity index (χ1n) is 13.3. The lowest BCUT2D eigenvalue weighted by Crippen LogP contribution is -2.54. The highest BCUT2D eigenvalue weighted by atomic mass is 19.4. The summed E-state index contributed by atoms with van der Waals surface area (Å²) < 4.78 is 45.5. The number of benzene rings is 1. The van der Waals surface area contributed by atoms with Gasteiger partial charge in [0.05, 0.1) is 23.7 Å². The quantitative estimate of drug-likeness (QED) is 0.582. The van der Waals surface area contributed by atoms with Gasteiger partial charge in [0.15, 0.2) is 0 Å². The second kappa shape index (κ2) is 9.87. The zero-order valence-electron chi connectivity index (χ0n) is 20.7. The molecule has 0 spiro atoms. The molecule has 1 aromatic carbocycles. The molecule has 3 aliphatic heterocycles. The van der Waals surface area contributed by atoms with E-state index in [0.717, 1.165) is 63.3 Å². The summed E-state index contributed by atoms with van der Waals surface area (Å²) in [6.45, 7) is 4.28. The van der Waals surface area contributed by atoms with Crippen LogP contribution in [0.15, 0.2) is 36.7 Å². The number of halogens is 3. The lowest BCUT2D eigenvalue weighted by Gasteiger charge is -2.40. The standard InChI is InChI=1S/C27H32F3N5O2/c28-27(29,30)20-7-5-19(6-8-20)25(33-9-1-2-10-33)26(36)35-12-11-34-17-22(13-21(34)16-35)37-24-15-31-23(14-32-24)18-3-4-18/h5-8,14-15,18,21-22,25H,1-4,9-13,16-17H2/t21-,22+,25?/m0/s1. The van der Waals surface area contributed by atoms with E-state index in [1.807, 2.05) is 11.1 Å². The van der Waals surface area contributed by atoms with Gasteiger partial charge >= 0.3 is 6.18 Å². The summed E-state index contributed by atoms with van der Waals surface area (Å²) >= 11 is 0. The van der Waals surface area contributed by atoms with Gasteiger partial charge in [0, 0.05) is 44.6 Å². The maximum atomic E-state index is 13.8.